The van der Waals surface area contributed by atoms with Gasteiger partial charge >= 0.3 is 6.03 Å². The highest BCUT2D eigenvalue weighted by atomic mass is 32.1. The molecule has 2 aromatic carbocycles. The Morgan fingerprint density at radius 2 is 1.67 bits per heavy atom. The Labute approximate surface area is 127 Å². The van der Waals surface area contributed by atoms with Crippen molar-refractivity contribution in [3.05, 3.63) is 59.4 Å². The molecular formula is C15H14FN3OS. The summed E-state index contributed by atoms with van der Waals surface area (Å²) in [5.41, 5.74) is 7.68. The Morgan fingerprint density at radius 3 is 2.29 bits per heavy atom. The molecule has 0 aliphatic carbocycles. The van der Waals surface area contributed by atoms with Crippen LogP contribution in [0.15, 0.2) is 42.5 Å². The van der Waals surface area contributed by atoms with Crippen molar-refractivity contribution in [3.63, 3.8) is 0 Å². The number of hydrogen-bond acceptors (Lipinski definition) is 2. The molecule has 0 bridgehead atoms. The largest absolute Gasteiger partial charge is 0.389 e. The second-order valence-corrected chi connectivity index (χ2v) is 4.94. The maximum Gasteiger partial charge on any atom is 0.323 e. The third-order valence-corrected chi connectivity index (χ3v) is 3.02. The van der Waals surface area contributed by atoms with Gasteiger partial charge in [0.2, 0.25) is 0 Å². The van der Waals surface area contributed by atoms with E-state index in [4.69, 9.17) is 18.0 Å². The van der Waals surface area contributed by atoms with Crippen LogP contribution in [0.4, 0.5) is 20.6 Å². The van der Waals surface area contributed by atoms with Crippen molar-refractivity contribution in [3.8, 4) is 0 Å². The molecular weight excluding hydrogens is 289 g/mol. The van der Waals surface area contributed by atoms with Crippen LogP contribution in [0.5, 0.6) is 0 Å². The molecule has 0 saturated heterocycles. The fourth-order valence-electron chi connectivity index (χ4n) is 1.72. The summed E-state index contributed by atoms with van der Waals surface area (Å²) < 4.78 is 13.4. The standard InChI is InChI=1S/C15H14FN3OS/c1-9-2-4-10(5-3-9)18-15(20)19-11-6-7-13(16)12(8-11)14(17)21/h2-8H,1H3,(H2,17,21)(H2,18,19,20). The molecule has 0 aromatic heterocycles. The number of nitrogens with one attached hydrogen (secondary N) is 2. The quantitative estimate of drug-likeness (QED) is 0.761. The first-order valence-corrected chi connectivity index (χ1v) is 6.60. The summed E-state index contributed by atoms with van der Waals surface area (Å²) in [6.45, 7) is 1.96. The smallest absolute Gasteiger partial charge is 0.323 e. The Morgan fingerprint density at radius 1 is 1.10 bits per heavy atom. The number of benzene rings is 2. The SMILES string of the molecule is Cc1ccc(NC(=O)Nc2ccc(F)c(C(N)=S)c2)cc1. The number of thiocarbonyl (C=S) groups is 1. The van der Waals surface area contributed by atoms with Gasteiger partial charge in [0.1, 0.15) is 10.8 Å². The molecule has 0 fully saturated rings. The molecule has 6 heteroatoms. The van der Waals surface area contributed by atoms with Crippen molar-refractivity contribution in [2.24, 2.45) is 5.73 Å². The van der Waals surface area contributed by atoms with Gasteiger partial charge in [-0.1, -0.05) is 29.9 Å². The highest BCUT2D eigenvalue weighted by molar-refractivity contribution is 7.80. The normalized spacial score (nSPS) is 10.0. The third-order valence-electron chi connectivity index (χ3n) is 2.80. The van der Waals surface area contributed by atoms with Gasteiger partial charge in [0.15, 0.2) is 0 Å². The van der Waals surface area contributed by atoms with Gasteiger partial charge < -0.3 is 16.4 Å². The molecule has 4 N–H and O–H groups in total. The van der Waals surface area contributed by atoms with E-state index in [1.165, 1.54) is 18.2 Å². The predicted octanol–water partition coefficient (Wildman–Crippen LogP) is 3.41. The van der Waals surface area contributed by atoms with E-state index < -0.39 is 11.8 Å². The van der Waals surface area contributed by atoms with Crippen LogP contribution in [0.25, 0.3) is 0 Å². The van der Waals surface area contributed by atoms with Gasteiger partial charge in [-0.15, -0.1) is 0 Å². The lowest BCUT2D eigenvalue weighted by molar-refractivity contribution is 0.262. The number of carbonyl (C=O) groups is 1. The average Bonchev–Trinajstić information content (AvgIpc) is 2.43. The van der Waals surface area contributed by atoms with Gasteiger partial charge in [-0.2, -0.15) is 0 Å². The summed E-state index contributed by atoms with van der Waals surface area (Å²) in [5, 5.41) is 5.27. The monoisotopic (exact) mass is 303 g/mol. The minimum atomic E-state index is -0.521. The van der Waals surface area contributed by atoms with E-state index in [2.05, 4.69) is 10.6 Å². The number of hydrogen-bond donors (Lipinski definition) is 3. The Hall–Kier alpha value is -2.47. The lowest BCUT2D eigenvalue weighted by Gasteiger charge is -2.09. The molecule has 0 heterocycles. The highest BCUT2D eigenvalue weighted by Crippen LogP contribution is 2.15. The summed E-state index contributed by atoms with van der Waals surface area (Å²) in [7, 11) is 0. The van der Waals surface area contributed by atoms with E-state index in [1.54, 1.807) is 12.1 Å². The minimum Gasteiger partial charge on any atom is -0.389 e. The van der Waals surface area contributed by atoms with Crippen LogP contribution in [0.2, 0.25) is 0 Å². The zero-order valence-corrected chi connectivity index (χ0v) is 12.1. The number of amides is 2. The number of halogens is 1. The zero-order chi connectivity index (χ0) is 15.4. The molecule has 0 saturated carbocycles. The molecule has 0 aliphatic rings. The molecule has 0 aliphatic heterocycles. The maximum atomic E-state index is 13.4. The van der Waals surface area contributed by atoms with Crippen molar-refractivity contribution >= 4 is 34.6 Å². The van der Waals surface area contributed by atoms with E-state index in [9.17, 15) is 9.18 Å². The topological polar surface area (TPSA) is 67.2 Å². The van der Waals surface area contributed by atoms with Gasteiger partial charge in [-0.3, -0.25) is 0 Å². The van der Waals surface area contributed by atoms with E-state index in [1.807, 2.05) is 19.1 Å². The predicted molar refractivity (Wildman–Crippen MR) is 86.1 cm³/mol. The highest BCUT2D eigenvalue weighted by Gasteiger charge is 2.08. The van der Waals surface area contributed by atoms with Crippen LogP contribution in [-0.2, 0) is 0 Å². The molecule has 4 nitrogen and oxygen atoms in total. The van der Waals surface area contributed by atoms with Crippen LogP contribution < -0.4 is 16.4 Å². The first kappa shape index (κ1) is 14.9. The van der Waals surface area contributed by atoms with Crippen molar-refractivity contribution in [2.45, 2.75) is 6.92 Å². The second-order valence-electron chi connectivity index (χ2n) is 4.50. The molecule has 0 spiro atoms. The maximum absolute atomic E-state index is 13.4. The van der Waals surface area contributed by atoms with Gasteiger partial charge in [-0.25, -0.2) is 9.18 Å². The fourth-order valence-corrected chi connectivity index (χ4v) is 1.88. The van der Waals surface area contributed by atoms with Crippen LogP contribution in [0.1, 0.15) is 11.1 Å². The molecule has 2 amide bonds. The molecule has 0 unspecified atom stereocenters. The van der Waals surface area contributed by atoms with Crippen molar-refractivity contribution in [2.75, 3.05) is 10.6 Å². The lowest BCUT2D eigenvalue weighted by Crippen LogP contribution is -2.20. The zero-order valence-electron chi connectivity index (χ0n) is 11.3. The second kappa shape index (κ2) is 6.32. The number of aryl methyl sites for hydroxylation is 1. The summed E-state index contributed by atoms with van der Waals surface area (Å²) in [6.07, 6.45) is 0. The van der Waals surface area contributed by atoms with E-state index in [0.717, 1.165) is 5.56 Å². The summed E-state index contributed by atoms with van der Waals surface area (Å²) >= 11 is 4.75. The Bertz CT molecular complexity index is 686. The number of anilines is 2. The van der Waals surface area contributed by atoms with E-state index >= 15 is 0 Å². The number of carbonyl (C=O) groups excluding carboxylic acids is 1. The lowest BCUT2D eigenvalue weighted by atomic mass is 10.2. The van der Waals surface area contributed by atoms with Crippen molar-refractivity contribution in [1.82, 2.24) is 0 Å². The average molecular weight is 303 g/mol. The van der Waals surface area contributed by atoms with Crippen molar-refractivity contribution in [1.29, 1.82) is 0 Å². The molecule has 108 valence electrons. The summed E-state index contributed by atoms with van der Waals surface area (Å²) in [6, 6.07) is 11.0. The minimum absolute atomic E-state index is 0.0601. The fraction of sp³-hybridized carbons (Fsp3) is 0.0667. The number of nitrogens with two attached hydrogens (primary N) is 1. The van der Waals surface area contributed by atoms with Crippen LogP contribution in [0, 0.1) is 12.7 Å². The molecule has 2 rings (SSSR count). The van der Waals surface area contributed by atoms with E-state index in [-0.39, 0.29) is 10.6 Å². The summed E-state index contributed by atoms with van der Waals surface area (Å²) in [5.74, 6) is -0.521. The number of rotatable bonds is 3. The van der Waals surface area contributed by atoms with Crippen LogP contribution in [0.3, 0.4) is 0 Å². The van der Waals surface area contributed by atoms with Crippen LogP contribution in [-0.4, -0.2) is 11.0 Å². The molecule has 21 heavy (non-hydrogen) atoms. The first-order chi connectivity index (χ1) is 9.95. The molecule has 0 atom stereocenters. The van der Waals surface area contributed by atoms with Gasteiger partial charge in [-0.05, 0) is 37.3 Å². The molecule has 0 radical (unpaired) electrons. The third kappa shape index (κ3) is 4.00. The molecule has 2 aromatic rings. The Kier molecular flexibility index (Phi) is 4.49. The number of urea groups is 1. The van der Waals surface area contributed by atoms with Gasteiger partial charge in [0.25, 0.3) is 0 Å². The van der Waals surface area contributed by atoms with Gasteiger partial charge in [0.05, 0.1) is 0 Å². The van der Waals surface area contributed by atoms with Crippen molar-refractivity contribution < 1.29 is 9.18 Å². The Balaban J connectivity index is 2.07. The van der Waals surface area contributed by atoms with Gasteiger partial charge in [0, 0.05) is 16.9 Å². The summed E-state index contributed by atoms with van der Waals surface area (Å²) in [4.78, 5) is 11.8. The van der Waals surface area contributed by atoms with E-state index in [0.29, 0.717) is 11.4 Å². The van der Waals surface area contributed by atoms with Crippen LogP contribution >= 0.6 is 12.2 Å². The first-order valence-electron chi connectivity index (χ1n) is 6.20.